The van der Waals surface area contributed by atoms with Crippen LogP contribution in [0.4, 0.5) is 8.78 Å². The molecule has 0 bridgehead atoms. The summed E-state index contributed by atoms with van der Waals surface area (Å²) in [4.78, 5) is 0. The highest BCUT2D eigenvalue weighted by molar-refractivity contribution is 4.81. The summed E-state index contributed by atoms with van der Waals surface area (Å²) in [5, 5.41) is 0. The van der Waals surface area contributed by atoms with Crippen LogP contribution < -0.4 is 0 Å². The summed E-state index contributed by atoms with van der Waals surface area (Å²) in [5.74, 6) is -2.27. The first-order valence-electron chi connectivity index (χ1n) is 4.40. The smallest absolute Gasteiger partial charge is 0.248 e. The van der Waals surface area contributed by atoms with Crippen molar-refractivity contribution in [3.63, 3.8) is 0 Å². The fraction of sp³-hybridized carbons (Fsp3) is 1.00. The molecular formula is C9H16F2O. The van der Waals surface area contributed by atoms with Crippen LogP contribution in [0.1, 0.15) is 26.2 Å². The SMILES string of the molecule is COCC1CC(C)CC(F)(F)C1. The highest BCUT2D eigenvalue weighted by atomic mass is 19.3. The lowest BCUT2D eigenvalue weighted by atomic mass is 9.80. The molecule has 72 valence electrons. The normalized spacial score (nSPS) is 35.0. The van der Waals surface area contributed by atoms with E-state index in [9.17, 15) is 8.78 Å². The number of halogens is 2. The van der Waals surface area contributed by atoms with E-state index >= 15 is 0 Å². The molecule has 0 radical (unpaired) electrons. The molecule has 0 aromatic rings. The maximum absolute atomic E-state index is 13.0. The maximum atomic E-state index is 13.0. The minimum Gasteiger partial charge on any atom is -0.384 e. The van der Waals surface area contributed by atoms with Crippen LogP contribution in [0.5, 0.6) is 0 Å². The molecule has 0 aliphatic heterocycles. The third-order valence-electron chi connectivity index (χ3n) is 2.37. The van der Waals surface area contributed by atoms with Crippen molar-refractivity contribution >= 4 is 0 Å². The molecule has 0 N–H and O–H groups in total. The number of alkyl halides is 2. The molecule has 0 saturated heterocycles. The molecule has 1 fully saturated rings. The summed E-state index contributed by atoms with van der Waals surface area (Å²) in [6.07, 6.45) is 0.932. The van der Waals surface area contributed by atoms with Crippen molar-refractivity contribution in [1.82, 2.24) is 0 Å². The summed E-state index contributed by atoms with van der Waals surface area (Å²) in [5.41, 5.74) is 0. The van der Waals surface area contributed by atoms with Crippen molar-refractivity contribution in [2.75, 3.05) is 13.7 Å². The molecule has 0 spiro atoms. The van der Waals surface area contributed by atoms with Crippen molar-refractivity contribution in [2.24, 2.45) is 11.8 Å². The van der Waals surface area contributed by atoms with Crippen LogP contribution in [0, 0.1) is 11.8 Å². The summed E-state index contributed by atoms with van der Waals surface area (Å²) < 4.78 is 30.8. The Morgan fingerprint density at radius 2 is 2.08 bits per heavy atom. The van der Waals surface area contributed by atoms with Crippen LogP contribution >= 0.6 is 0 Å². The summed E-state index contributed by atoms with van der Waals surface area (Å²) in [6.45, 7) is 2.36. The molecular weight excluding hydrogens is 162 g/mol. The Bertz CT molecular complexity index is 147. The second-order valence-electron chi connectivity index (χ2n) is 3.93. The van der Waals surface area contributed by atoms with Crippen molar-refractivity contribution in [3.05, 3.63) is 0 Å². The Kier molecular flexibility index (Phi) is 3.04. The molecule has 0 aromatic heterocycles. The van der Waals surface area contributed by atoms with E-state index in [1.165, 1.54) is 0 Å². The van der Waals surface area contributed by atoms with Gasteiger partial charge >= 0.3 is 0 Å². The zero-order valence-electron chi connectivity index (χ0n) is 7.65. The van der Waals surface area contributed by atoms with Crippen LogP contribution in [-0.2, 0) is 4.74 Å². The number of methoxy groups -OCH3 is 1. The third-order valence-corrected chi connectivity index (χ3v) is 2.37. The molecule has 1 aliphatic carbocycles. The fourth-order valence-electron chi connectivity index (χ4n) is 2.11. The van der Waals surface area contributed by atoms with Gasteiger partial charge in [-0.25, -0.2) is 8.78 Å². The van der Waals surface area contributed by atoms with Crippen LogP contribution in [0.15, 0.2) is 0 Å². The Hall–Kier alpha value is -0.180. The van der Waals surface area contributed by atoms with Gasteiger partial charge in [0.05, 0.1) is 0 Å². The van der Waals surface area contributed by atoms with Gasteiger partial charge in [-0.15, -0.1) is 0 Å². The zero-order valence-corrected chi connectivity index (χ0v) is 7.65. The van der Waals surface area contributed by atoms with Gasteiger partial charge in [0.1, 0.15) is 0 Å². The van der Waals surface area contributed by atoms with Gasteiger partial charge in [-0.3, -0.25) is 0 Å². The van der Waals surface area contributed by atoms with E-state index in [1.54, 1.807) is 7.11 Å². The third kappa shape index (κ3) is 2.70. The first kappa shape index (κ1) is 9.90. The van der Waals surface area contributed by atoms with E-state index in [0.717, 1.165) is 6.42 Å². The van der Waals surface area contributed by atoms with Crippen LogP contribution in [-0.4, -0.2) is 19.6 Å². The van der Waals surface area contributed by atoms with Crippen LogP contribution in [0.3, 0.4) is 0 Å². The van der Waals surface area contributed by atoms with E-state index in [0.29, 0.717) is 6.61 Å². The van der Waals surface area contributed by atoms with Crippen LogP contribution in [0.25, 0.3) is 0 Å². The molecule has 12 heavy (non-hydrogen) atoms. The van der Waals surface area contributed by atoms with Gasteiger partial charge < -0.3 is 4.74 Å². The predicted octanol–water partition coefficient (Wildman–Crippen LogP) is 2.70. The summed E-state index contributed by atoms with van der Waals surface area (Å²) >= 11 is 0. The second-order valence-corrected chi connectivity index (χ2v) is 3.93. The lowest BCUT2D eigenvalue weighted by molar-refractivity contribution is -0.0796. The van der Waals surface area contributed by atoms with Gasteiger partial charge in [0.2, 0.25) is 5.92 Å². The first-order chi connectivity index (χ1) is 5.53. The van der Waals surface area contributed by atoms with Gasteiger partial charge in [-0.05, 0) is 18.3 Å². The summed E-state index contributed by atoms with van der Waals surface area (Å²) in [6, 6.07) is 0. The van der Waals surface area contributed by atoms with E-state index < -0.39 is 5.92 Å². The lowest BCUT2D eigenvalue weighted by Crippen LogP contribution is -2.32. The van der Waals surface area contributed by atoms with Gasteiger partial charge in [0, 0.05) is 26.6 Å². The van der Waals surface area contributed by atoms with Gasteiger partial charge in [-0.2, -0.15) is 0 Å². The average Bonchev–Trinajstić information content (AvgIpc) is 1.82. The Morgan fingerprint density at radius 1 is 1.42 bits per heavy atom. The van der Waals surface area contributed by atoms with Crippen molar-refractivity contribution in [2.45, 2.75) is 32.1 Å². The molecule has 2 unspecified atom stereocenters. The number of rotatable bonds is 2. The quantitative estimate of drug-likeness (QED) is 0.631. The number of hydrogen-bond donors (Lipinski definition) is 0. The van der Waals surface area contributed by atoms with E-state index in [2.05, 4.69) is 0 Å². The lowest BCUT2D eigenvalue weighted by Gasteiger charge is -2.32. The van der Waals surface area contributed by atoms with Crippen molar-refractivity contribution < 1.29 is 13.5 Å². The second kappa shape index (κ2) is 3.69. The predicted molar refractivity (Wildman–Crippen MR) is 43.3 cm³/mol. The Balaban J connectivity index is 2.46. The molecule has 0 amide bonds. The van der Waals surface area contributed by atoms with E-state index in [-0.39, 0.29) is 24.7 Å². The number of hydrogen-bond acceptors (Lipinski definition) is 1. The van der Waals surface area contributed by atoms with Gasteiger partial charge in [0.15, 0.2) is 0 Å². The van der Waals surface area contributed by atoms with Crippen LogP contribution in [0.2, 0.25) is 0 Å². The zero-order chi connectivity index (χ0) is 9.19. The minimum atomic E-state index is -2.46. The average molecular weight is 178 g/mol. The molecule has 2 atom stereocenters. The highest BCUT2D eigenvalue weighted by Crippen LogP contribution is 2.39. The molecule has 1 nitrogen and oxygen atoms in total. The van der Waals surface area contributed by atoms with Gasteiger partial charge in [0.25, 0.3) is 0 Å². The molecule has 1 rings (SSSR count). The van der Waals surface area contributed by atoms with E-state index in [1.807, 2.05) is 6.92 Å². The maximum Gasteiger partial charge on any atom is 0.248 e. The van der Waals surface area contributed by atoms with Crippen molar-refractivity contribution in [1.29, 1.82) is 0 Å². The van der Waals surface area contributed by atoms with Crippen molar-refractivity contribution in [3.8, 4) is 0 Å². The monoisotopic (exact) mass is 178 g/mol. The van der Waals surface area contributed by atoms with Gasteiger partial charge in [-0.1, -0.05) is 6.92 Å². The van der Waals surface area contributed by atoms with E-state index in [4.69, 9.17) is 4.74 Å². The fourth-order valence-corrected chi connectivity index (χ4v) is 2.11. The Labute approximate surface area is 72.1 Å². The molecule has 1 aliphatic rings. The standard InChI is InChI=1S/C9H16F2O/c1-7-3-8(6-12-2)5-9(10,11)4-7/h7-8H,3-6H2,1-2H3. The largest absolute Gasteiger partial charge is 0.384 e. The Morgan fingerprint density at radius 3 is 2.58 bits per heavy atom. The molecule has 0 aromatic carbocycles. The minimum absolute atomic E-state index is 0.00514. The molecule has 0 heterocycles. The summed E-state index contributed by atoms with van der Waals surface area (Å²) in [7, 11) is 1.57. The molecule has 3 heteroatoms. The molecule has 1 saturated carbocycles. The topological polar surface area (TPSA) is 9.23 Å². The first-order valence-corrected chi connectivity index (χ1v) is 4.40. The number of ether oxygens (including phenoxy) is 1. The highest BCUT2D eigenvalue weighted by Gasteiger charge is 2.39.